The Morgan fingerprint density at radius 2 is 2.08 bits per heavy atom. The summed E-state index contributed by atoms with van der Waals surface area (Å²) >= 11 is 7.31. The van der Waals surface area contributed by atoms with Crippen LogP contribution in [0.25, 0.3) is 11.3 Å². The Morgan fingerprint density at radius 3 is 2.92 bits per heavy atom. The molecular weight excluding hydrogens is 376 g/mol. The summed E-state index contributed by atoms with van der Waals surface area (Å²) in [6.07, 6.45) is 0. The molecule has 2 aromatic carbocycles. The second-order valence-corrected chi connectivity index (χ2v) is 6.70. The van der Waals surface area contributed by atoms with Crippen molar-refractivity contribution in [2.75, 3.05) is 19.2 Å². The molecule has 4 rings (SSSR count). The molecule has 0 atom stereocenters. The fourth-order valence-corrected chi connectivity index (χ4v) is 3.43. The van der Waals surface area contributed by atoms with E-state index < -0.39 is 0 Å². The highest BCUT2D eigenvalue weighted by molar-refractivity contribution is 7.14. The largest absolute Gasteiger partial charge is 0.496 e. The molecule has 2 heterocycles. The van der Waals surface area contributed by atoms with Gasteiger partial charge in [0.25, 0.3) is 5.91 Å². The second-order valence-electron chi connectivity index (χ2n) is 5.40. The van der Waals surface area contributed by atoms with E-state index in [9.17, 15) is 4.79 Å². The van der Waals surface area contributed by atoms with Crippen LogP contribution in [0.5, 0.6) is 17.2 Å². The number of ether oxygens (including phenoxy) is 3. The molecule has 0 bridgehead atoms. The zero-order valence-corrected chi connectivity index (χ0v) is 15.2. The minimum atomic E-state index is -0.337. The fourth-order valence-electron chi connectivity index (χ4n) is 2.54. The molecule has 0 spiro atoms. The summed E-state index contributed by atoms with van der Waals surface area (Å²) in [6, 6.07) is 10.5. The molecular formula is C18H13ClN2O4S. The van der Waals surface area contributed by atoms with E-state index in [2.05, 4.69) is 10.3 Å². The number of amides is 1. The van der Waals surface area contributed by atoms with Crippen molar-refractivity contribution in [2.45, 2.75) is 0 Å². The second kappa shape index (κ2) is 6.86. The monoisotopic (exact) mass is 388 g/mol. The maximum absolute atomic E-state index is 12.5. The molecule has 1 aliphatic heterocycles. The molecule has 0 radical (unpaired) electrons. The van der Waals surface area contributed by atoms with E-state index in [4.69, 9.17) is 25.8 Å². The predicted octanol–water partition coefficient (Wildman–Crippen LogP) is 4.45. The molecule has 6 nitrogen and oxygen atoms in total. The number of anilines is 1. The molecule has 1 aromatic heterocycles. The Bertz CT molecular complexity index is 989. The van der Waals surface area contributed by atoms with Gasteiger partial charge < -0.3 is 14.2 Å². The van der Waals surface area contributed by atoms with Crippen LogP contribution < -0.4 is 19.5 Å². The highest BCUT2D eigenvalue weighted by Crippen LogP contribution is 2.36. The van der Waals surface area contributed by atoms with Gasteiger partial charge >= 0.3 is 0 Å². The lowest BCUT2D eigenvalue weighted by atomic mass is 10.1. The maximum Gasteiger partial charge on any atom is 0.261 e. The van der Waals surface area contributed by atoms with Crippen LogP contribution in [0.2, 0.25) is 5.02 Å². The summed E-state index contributed by atoms with van der Waals surface area (Å²) in [6.45, 7) is 0.221. The number of methoxy groups -OCH3 is 1. The van der Waals surface area contributed by atoms with Crippen molar-refractivity contribution in [3.63, 3.8) is 0 Å². The standard InChI is InChI=1S/C18H13ClN2O4S/c1-23-14-5-3-11(19)7-12(14)17(22)21-18-20-13(8-26-18)10-2-4-15-16(6-10)25-9-24-15/h2-8H,9H2,1H3,(H,20,21,22). The summed E-state index contributed by atoms with van der Waals surface area (Å²) in [5.74, 6) is 1.51. The molecule has 1 amide bonds. The quantitative estimate of drug-likeness (QED) is 0.714. The van der Waals surface area contributed by atoms with Crippen LogP contribution in [0, 0.1) is 0 Å². The van der Waals surface area contributed by atoms with Crippen LogP contribution in [-0.2, 0) is 0 Å². The summed E-state index contributed by atoms with van der Waals surface area (Å²) in [5.41, 5.74) is 1.97. The zero-order chi connectivity index (χ0) is 18.1. The van der Waals surface area contributed by atoms with Crippen molar-refractivity contribution in [1.29, 1.82) is 0 Å². The molecule has 26 heavy (non-hydrogen) atoms. The average Bonchev–Trinajstić information content (AvgIpc) is 3.30. The van der Waals surface area contributed by atoms with Gasteiger partial charge in [0.1, 0.15) is 5.75 Å². The number of nitrogens with one attached hydrogen (secondary N) is 1. The average molecular weight is 389 g/mol. The van der Waals surface area contributed by atoms with Crippen molar-refractivity contribution < 1.29 is 19.0 Å². The van der Waals surface area contributed by atoms with Crippen molar-refractivity contribution in [3.05, 3.63) is 52.4 Å². The van der Waals surface area contributed by atoms with Crippen molar-refractivity contribution >= 4 is 34.0 Å². The Labute approximate surface area is 158 Å². The first-order valence-corrected chi connectivity index (χ1v) is 8.90. The van der Waals surface area contributed by atoms with E-state index >= 15 is 0 Å². The van der Waals surface area contributed by atoms with Gasteiger partial charge in [-0.1, -0.05) is 11.6 Å². The highest BCUT2D eigenvalue weighted by atomic mass is 35.5. The number of carbonyl (C=O) groups is 1. The lowest BCUT2D eigenvalue weighted by molar-refractivity contribution is 0.102. The molecule has 0 saturated carbocycles. The minimum absolute atomic E-state index is 0.221. The molecule has 132 valence electrons. The van der Waals surface area contributed by atoms with Gasteiger partial charge in [-0.05, 0) is 36.4 Å². The van der Waals surface area contributed by atoms with E-state index in [0.717, 1.165) is 11.3 Å². The first-order chi connectivity index (χ1) is 12.6. The van der Waals surface area contributed by atoms with E-state index in [0.29, 0.717) is 33.0 Å². The van der Waals surface area contributed by atoms with Crippen LogP contribution in [0.3, 0.4) is 0 Å². The molecule has 0 unspecified atom stereocenters. The van der Waals surface area contributed by atoms with Gasteiger partial charge in [-0.25, -0.2) is 4.98 Å². The lowest BCUT2D eigenvalue weighted by Crippen LogP contribution is -2.13. The Hall–Kier alpha value is -2.77. The van der Waals surface area contributed by atoms with Crippen LogP contribution >= 0.6 is 22.9 Å². The molecule has 1 aliphatic rings. The molecule has 8 heteroatoms. The molecule has 1 N–H and O–H groups in total. The van der Waals surface area contributed by atoms with Crippen LogP contribution in [0.4, 0.5) is 5.13 Å². The number of benzene rings is 2. The van der Waals surface area contributed by atoms with E-state index in [1.54, 1.807) is 18.2 Å². The maximum atomic E-state index is 12.5. The topological polar surface area (TPSA) is 69.7 Å². The number of thiazole rings is 1. The number of rotatable bonds is 4. The van der Waals surface area contributed by atoms with Gasteiger partial charge in [-0.15, -0.1) is 11.3 Å². The van der Waals surface area contributed by atoms with Gasteiger partial charge in [-0.2, -0.15) is 0 Å². The summed E-state index contributed by atoms with van der Waals surface area (Å²) in [7, 11) is 1.50. The first-order valence-electron chi connectivity index (χ1n) is 7.64. The van der Waals surface area contributed by atoms with Crippen molar-refractivity contribution in [2.24, 2.45) is 0 Å². The highest BCUT2D eigenvalue weighted by Gasteiger charge is 2.17. The van der Waals surface area contributed by atoms with Crippen molar-refractivity contribution in [3.8, 4) is 28.5 Å². The predicted molar refractivity (Wildman–Crippen MR) is 99.6 cm³/mol. The van der Waals surface area contributed by atoms with Crippen LogP contribution in [0.15, 0.2) is 41.8 Å². The molecule has 3 aromatic rings. The summed E-state index contributed by atoms with van der Waals surface area (Å²) in [5, 5.41) is 5.57. The number of halogens is 1. The van der Waals surface area contributed by atoms with E-state index in [1.165, 1.54) is 18.4 Å². The number of fused-ring (bicyclic) bond motifs is 1. The third-order valence-electron chi connectivity index (χ3n) is 3.80. The number of aromatic nitrogens is 1. The molecule has 0 aliphatic carbocycles. The molecule has 0 saturated heterocycles. The van der Waals surface area contributed by atoms with E-state index in [1.807, 2.05) is 23.6 Å². The van der Waals surface area contributed by atoms with Crippen LogP contribution in [0.1, 0.15) is 10.4 Å². The third-order valence-corrected chi connectivity index (χ3v) is 4.79. The Balaban J connectivity index is 1.55. The molecule has 0 fully saturated rings. The number of hydrogen-bond donors (Lipinski definition) is 1. The van der Waals surface area contributed by atoms with Gasteiger partial charge in [0.15, 0.2) is 16.6 Å². The minimum Gasteiger partial charge on any atom is -0.496 e. The van der Waals surface area contributed by atoms with Crippen LogP contribution in [-0.4, -0.2) is 24.8 Å². The summed E-state index contributed by atoms with van der Waals surface area (Å²) < 4.78 is 15.9. The SMILES string of the molecule is COc1ccc(Cl)cc1C(=O)Nc1nc(-c2ccc3c(c2)OCO3)cs1. The number of carbonyl (C=O) groups excluding carboxylic acids is 1. The van der Waals surface area contributed by atoms with Gasteiger partial charge in [-0.3, -0.25) is 10.1 Å². The van der Waals surface area contributed by atoms with Gasteiger partial charge in [0.05, 0.1) is 18.4 Å². The normalized spacial score (nSPS) is 12.1. The van der Waals surface area contributed by atoms with Gasteiger partial charge in [0.2, 0.25) is 6.79 Å². The van der Waals surface area contributed by atoms with E-state index in [-0.39, 0.29) is 12.7 Å². The zero-order valence-electron chi connectivity index (χ0n) is 13.6. The first kappa shape index (κ1) is 16.7. The Morgan fingerprint density at radius 1 is 1.23 bits per heavy atom. The fraction of sp³-hybridized carbons (Fsp3) is 0.111. The summed E-state index contributed by atoms with van der Waals surface area (Å²) in [4.78, 5) is 17.0. The Kier molecular flexibility index (Phi) is 4.40. The third kappa shape index (κ3) is 3.18. The lowest BCUT2D eigenvalue weighted by Gasteiger charge is -2.08. The van der Waals surface area contributed by atoms with Crippen molar-refractivity contribution in [1.82, 2.24) is 4.98 Å². The van der Waals surface area contributed by atoms with Gasteiger partial charge in [0, 0.05) is 16.0 Å². The number of nitrogens with zero attached hydrogens (tertiary/aromatic N) is 1. The number of hydrogen-bond acceptors (Lipinski definition) is 6. The smallest absolute Gasteiger partial charge is 0.261 e.